The summed E-state index contributed by atoms with van der Waals surface area (Å²) >= 11 is 0. The number of hydrogen-bond donors (Lipinski definition) is 2. The zero-order chi connectivity index (χ0) is 14.3. The number of amides is 1. The molecule has 108 valence electrons. The van der Waals surface area contributed by atoms with E-state index in [1.54, 1.807) is 0 Å². The molecule has 0 aliphatic carbocycles. The van der Waals surface area contributed by atoms with Gasteiger partial charge in [0.1, 0.15) is 11.5 Å². The van der Waals surface area contributed by atoms with Gasteiger partial charge in [0.05, 0.1) is 11.7 Å². The van der Waals surface area contributed by atoms with Gasteiger partial charge in [-0.25, -0.2) is 4.68 Å². The normalized spacial score (nSPS) is 12.4. The van der Waals surface area contributed by atoms with E-state index in [2.05, 4.69) is 24.3 Å². The number of unbranched alkanes of at least 4 members (excludes halogenated alkanes) is 3. The lowest BCUT2D eigenvalue weighted by Gasteiger charge is -2.13. The first-order chi connectivity index (χ1) is 9.15. The van der Waals surface area contributed by atoms with Crippen molar-refractivity contribution >= 4 is 17.9 Å². The average molecular weight is 266 g/mol. The molecule has 0 radical (unpaired) electrons. The van der Waals surface area contributed by atoms with Crippen LogP contribution >= 0.6 is 0 Å². The lowest BCUT2D eigenvalue weighted by atomic mass is 10.1. The van der Waals surface area contributed by atoms with Crippen LogP contribution in [0.5, 0.6) is 0 Å². The SMILES string of the molecule is CCCCCCC(C)n1nc(CC)c(NC=O)c1N. The molecule has 1 rings (SSSR count). The van der Waals surface area contributed by atoms with E-state index in [0.29, 0.717) is 17.9 Å². The Kier molecular flexibility index (Phi) is 6.39. The summed E-state index contributed by atoms with van der Waals surface area (Å²) in [6.45, 7) is 6.34. The Morgan fingerprint density at radius 3 is 2.68 bits per heavy atom. The molecule has 0 aliphatic rings. The Balaban J connectivity index is 2.73. The lowest BCUT2D eigenvalue weighted by Crippen LogP contribution is -2.11. The highest BCUT2D eigenvalue weighted by molar-refractivity contribution is 5.80. The fourth-order valence-electron chi connectivity index (χ4n) is 2.28. The number of carbonyl (C=O) groups excluding carboxylic acids is 1. The highest BCUT2D eigenvalue weighted by atomic mass is 16.1. The van der Waals surface area contributed by atoms with Crippen LogP contribution in [0, 0.1) is 0 Å². The van der Waals surface area contributed by atoms with Gasteiger partial charge in [-0.3, -0.25) is 4.79 Å². The molecule has 1 unspecified atom stereocenters. The predicted octanol–water partition coefficient (Wildman–Crippen LogP) is 3.13. The van der Waals surface area contributed by atoms with E-state index < -0.39 is 0 Å². The van der Waals surface area contributed by atoms with Crippen molar-refractivity contribution in [1.82, 2.24) is 9.78 Å². The minimum atomic E-state index is 0.268. The fraction of sp³-hybridized carbons (Fsp3) is 0.714. The Bertz CT molecular complexity index is 400. The molecule has 0 saturated heterocycles. The number of anilines is 2. The van der Waals surface area contributed by atoms with Crippen molar-refractivity contribution in [1.29, 1.82) is 0 Å². The van der Waals surface area contributed by atoms with Crippen LogP contribution in [-0.4, -0.2) is 16.2 Å². The Morgan fingerprint density at radius 1 is 1.37 bits per heavy atom. The van der Waals surface area contributed by atoms with Crippen LogP contribution in [0.25, 0.3) is 0 Å². The van der Waals surface area contributed by atoms with Gasteiger partial charge in [0, 0.05) is 0 Å². The first kappa shape index (κ1) is 15.5. The molecule has 1 atom stereocenters. The number of nitrogens with zero attached hydrogens (tertiary/aromatic N) is 2. The molecule has 1 amide bonds. The molecule has 1 aromatic heterocycles. The van der Waals surface area contributed by atoms with Crippen LogP contribution in [0.3, 0.4) is 0 Å². The number of aryl methyl sites for hydroxylation is 1. The summed E-state index contributed by atoms with van der Waals surface area (Å²) in [5, 5.41) is 7.17. The molecule has 1 heterocycles. The molecule has 3 N–H and O–H groups in total. The lowest BCUT2D eigenvalue weighted by molar-refractivity contribution is -0.105. The number of carbonyl (C=O) groups is 1. The van der Waals surface area contributed by atoms with Gasteiger partial charge < -0.3 is 11.1 Å². The Morgan fingerprint density at radius 2 is 2.11 bits per heavy atom. The summed E-state index contributed by atoms with van der Waals surface area (Å²) in [4.78, 5) is 10.6. The molecule has 0 bridgehead atoms. The Labute approximate surface area is 115 Å². The first-order valence-electron chi connectivity index (χ1n) is 7.22. The van der Waals surface area contributed by atoms with Crippen molar-refractivity contribution in [2.45, 2.75) is 65.3 Å². The average Bonchev–Trinajstić information content (AvgIpc) is 2.72. The second-order valence-corrected chi connectivity index (χ2v) is 4.97. The van der Waals surface area contributed by atoms with Crippen molar-refractivity contribution in [2.24, 2.45) is 0 Å². The third-order valence-corrected chi connectivity index (χ3v) is 3.45. The summed E-state index contributed by atoms with van der Waals surface area (Å²) in [5.74, 6) is 0.562. The fourth-order valence-corrected chi connectivity index (χ4v) is 2.28. The van der Waals surface area contributed by atoms with Crippen LogP contribution < -0.4 is 11.1 Å². The summed E-state index contributed by atoms with van der Waals surface area (Å²) in [6.07, 6.45) is 7.44. The van der Waals surface area contributed by atoms with Crippen LogP contribution in [0.4, 0.5) is 11.5 Å². The topological polar surface area (TPSA) is 72.9 Å². The smallest absolute Gasteiger partial charge is 0.211 e. The van der Waals surface area contributed by atoms with Crippen LogP contribution in [0.15, 0.2) is 0 Å². The van der Waals surface area contributed by atoms with Gasteiger partial charge in [0.15, 0.2) is 0 Å². The second kappa shape index (κ2) is 7.81. The summed E-state index contributed by atoms with van der Waals surface area (Å²) in [6, 6.07) is 0.268. The number of hydrogen-bond acceptors (Lipinski definition) is 3. The van der Waals surface area contributed by atoms with Crippen molar-refractivity contribution in [2.75, 3.05) is 11.1 Å². The molecule has 1 aromatic rings. The number of rotatable bonds is 9. The highest BCUT2D eigenvalue weighted by Gasteiger charge is 2.17. The second-order valence-electron chi connectivity index (χ2n) is 4.97. The maximum Gasteiger partial charge on any atom is 0.211 e. The minimum Gasteiger partial charge on any atom is -0.382 e. The number of nitrogens with two attached hydrogens (primary N) is 1. The third kappa shape index (κ3) is 3.98. The van der Waals surface area contributed by atoms with E-state index in [0.717, 1.165) is 18.5 Å². The van der Waals surface area contributed by atoms with E-state index in [4.69, 9.17) is 5.73 Å². The first-order valence-corrected chi connectivity index (χ1v) is 7.22. The van der Waals surface area contributed by atoms with Crippen molar-refractivity contribution in [3.63, 3.8) is 0 Å². The van der Waals surface area contributed by atoms with Crippen molar-refractivity contribution in [3.05, 3.63) is 5.69 Å². The number of aromatic nitrogens is 2. The molecule has 0 fully saturated rings. The van der Waals surface area contributed by atoms with E-state index in [-0.39, 0.29) is 6.04 Å². The van der Waals surface area contributed by atoms with E-state index >= 15 is 0 Å². The van der Waals surface area contributed by atoms with Crippen molar-refractivity contribution in [3.8, 4) is 0 Å². The monoisotopic (exact) mass is 266 g/mol. The van der Waals surface area contributed by atoms with Crippen LogP contribution in [0.2, 0.25) is 0 Å². The zero-order valence-corrected chi connectivity index (χ0v) is 12.3. The van der Waals surface area contributed by atoms with Crippen molar-refractivity contribution < 1.29 is 4.79 Å². The number of nitrogen functional groups attached to an aromatic ring is 1. The third-order valence-electron chi connectivity index (χ3n) is 3.45. The van der Waals surface area contributed by atoms with Crippen LogP contribution in [0.1, 0.15) is 64.6 Å². The van der Waals surface area contributed by atoms with Gasteiger partial charge in [0.25, 0.3) is 0 Å². The largest absolute Gasteiger partial charge is 0.382 e. The molecule has 0 spiro atoms. The molecule has 5 heteroatoms. The molecular weight excluding hydrogens is 240 g/mol. The quantitative estimate of drug-likeness (QED) is 0.532. The molecule has 0 saturated carbocycles. The summed E-state index contributed by atoms with van der Waals surface area (Å²) < 4.78 is 1.84. The van der Waals surface area contributed by atoms with Gasteiger partial charge in [-0.2, -0.15) is 5.10 Å². The van der Waals surface area contributed by atoms with E-state index in [9.17, 15) is 4.79 Å². The van der Waals surface area contributed by atoms with E-state index in [1.807, 2.05) is 11.6 Å². The summed E-state index contributed by atoms with van der Waals surface area (Å²) in [7, 11) is 0. The molecule has 0 aliphatic heterocycles. The van der Waals surface area contributed by atoms with Gasteiger partial charge in [-0.05, 0) is 19.8 Å². The highest BCUT2D eigenvalue weighted by Crippen LogP contribution is 2.28. The molecular formula is C14H26N4O. The Hall–Kier alpha value is -1.52. The molecule has 0 aromatic carbocycles. The van der Waals surface area contributed by atoms with Gasteiger partial charge in [-0.1, -0.05) is 39.5 Å². The van der Waals surface area contributed by atoms with Gasteiger partial charge in [-0.15, -0.1) is 0 Å². The zero-order valence-electron chi connectivity index (χ0n) is 12.3. The van der Waals surface area contributed by atoms with Gasteiger partial charge >= 0.3 is 0 Å². The maximum absolute atomic E-state index is 10.6. The number of nitrogens with one attached hydrogen (secondary N) is 1. The predicted molar refractivity (Wildman–Crippen MR) is 79.2 cm³/mol. The van der Waals surface area contributed by atoms with E-state index in [1.165, 1.54) is 25.7 Å². The maximum atomic E-state index is 10.6. The molecule has 19 heavy (non-hydrogen) atoms. The molecule has 5 nitrogen and oxygen atoms in total. The standard InChI is InChI=1S/C14H26N4O/c1-4-6-7-8-9-11(3)18-14(15)13(16-10-19)12(5-2)17-18/h10-11H,4-9,15H2,1-3H3,(H,16,19). The summed E-state index contributed by atoms with van der Waals surface area (Å²) in [5.41, 5.74) is 7.59. The van der Waals surface area contributed by atoms with Gasteiger partial charge in [0.2, 0.25) is 6.41 Å². The minimum absolute atomic E-state index is 0.268. The van der Waals surface area contributed by atoms with Crippen LogP contribution in [-0.2, 0) is 11.2 Å².